The van der Waals surface area contributed by atoms with Crippen molar-refractivity contribution in [1.29, 1.82) is 5.26 Å². The molecule has 1 aliphatic carbocycles. The van der Waals surface area contributed by atoms with Crippen molar-refractivity contribution >= 4 is 11.6 Å². The topological polar surface area (TPSA) is 27.0 Å². The maximum atomic E-state index is 8.83. The normalized spacial score (nSPS) is 15.1. The van der Waals surface area contributed by atoms with E-state index in [4.69, 9.17) is 16.9 Å². The molecule has 96 valence electrons. The Kier molecular flexibility index (Phi) is 4.27. The Labute approximate surface area is 114 Å². The first-order chi connectivity index (χ1) is 8.60. The number of benzene rings is 1. The minimum absolute atomic E-state index is 0.525. The lowest BCUT2D eigenvalue weighted by atomic mass is 10.1. The third kappa shape index (κ3) is 3.48. The van der Waals surface area contributed by atoms with Gasteiger partial charge in [0.1, 0.15) is 0 Å². The van der Waals surface area contributed by atoms with E-state index in [-0.39, 0.29) is 0 Å². The highest BCUT2D eigenvalue weighted by Crippen LogP contribution is 2.31. The van der Waals surface area contributed by atoms with Gasteiger partial charge in [0.05, 0.1) is 11.6 Å². The van der Waals surface area contributed by atoms with Crippen molar-refractivity contribution in [2.45, 2.75) is 39.3 Å². The Hall–Kier alpha value is -1.04. The van der Waals surface area contributed by atoms with Crippen LogP contribution in [0.25, 0.3) is 0 Å². The lowest BCUT2D eigenvalue weighted by Gasteiger charge is -2.27. The number of hydrogen-bond acceptors (Lipinski definition) is 2. The molecule has 0 heterocycles. The summed E-state index contributed by atoms with van der Waals surface area (Å²) in [6.07, 6.45) is 2.73. The van der Waals surface area contributed by atoms with Gasteiger partial charge in [-0.25, -0.2) is 0 Å². The third-order valence-electron chi connectivity index (χ3n) is 3.48. The van der Waals surface area contributed by atoms with E-state index in [1.165, 1.54) is 12.8 Å². The molecule has 0 saturated heterocycles. The molecule has 3 heteroatoms. The van der Waals surface area contributed by atoms with E-state index in [0.717, 1.165) is 24.6 Å². The summed E-state index contributed by atoms with van der Waals surface area (Å²) >= 11 is 6.23. The number of hydrogen-bond donors (Lipinski definition) is 0. The molecule has 0 aliphatic heterocycles. The van der Waals surface area contributed by atoms with Gasteiger partial charge in [0.25, 0.3) is 0 Å². The molecule has 1 aromatic rings. The van der Waals surface area contributed by atoms with Gasteiger partial charge in [-0.05, 0) is 50.3 Å². The predicted octanol–water partition coefficient (Wildman–Crippen LogP) is 3.83. The maximum absolute atomic E-state index is 8.83. The van der Waals surface area contributed by atoms with Crippen LogP contribution in [0.3, 0.4) is 0 Å². The standard InChI is InChI=1S/C15H19ClN2/c1-11(2)18(9-12-3-4-12)10-14-6-5-13(8-17)7-15(14)16/h5-7,11-12H,3-4,9-10H2,1-2H3. The minimum Gasteiger partial charge on any atom is -0.296 e. The van der Waals surface area contributed by atoms with Gasteiger partial charge in [0.15, 0.2) is 0 Å². The van der Waals surface area contributed by atoms with Crippen molar-refractivity contribution in [2.75, 3.05) is 6.54 Å². The quantitative estimate of drug-likeness (QED) is 0.806. The molecule has 1 fully saturated rings. The van der Waals surface area contributed by atoms with Crippen LogP contribution in [0.4, 0.5) is 0 Å². The second-order valence-electron chi connectivity index (χ2n) is 5.38. The number of halogens is 1. The van der Waals surface area contributed by atoms with E-state index < -0.39 is 0 Å². The monoisotopic (exact) mass is 262 g/mol. The van der Waals surface area contributed by atoms with Crippen molar-refractivity contribution in [3.63, 3.8) is 0 Å². The molecule has 0 unspecified atom stereocenters. The fourth-order valence-corrected chi connectivity index (χ4v) is 2.29. The maximum Gasteiger partial charge on any atom is 0.0992 e. The summed E-state index contributed by atoms with van der Waals surface area (Å²) in [6, 6.07) is 8.22. The predicted molar refractivity (Wildman–Crippen MR) is 74.4 cm³/mol. The molecule has 0 aromatic heterocycles. The van der Waals surface area contributed by atoms with Crippen molar-refractivity contribution in [3.8, 4) is 6.07 Å². The molecular weight excluding hydrogens is 244 g/mol. The highest BCUT2D eigenvalue weighted by molar-refractivity contribution is 6.31. The van der Waals surface area contributed by atoms with E-state index in [2.05, 4.69) is 24.8 Å². The van der Waals surface area contributed by atoms with Gasteiger partial charge in [-0.1, -0.05) is 17.7 Å². The lowest BCUT2D eigenvalue weighted by molar-refractivity contribution is 0.204. The molecule has 0 N–H and O–H groups in total. The Morgan fingerprint density at radius 1 is 1.44 bits per heavy atom. The van der Waals surface area contributed by atoms with Gasteiger partial charge in [0.2, 0.25) is 0 Å². The van der Waals surface area contributed by atoms with Crippen LogP contribution in [0.2, 0.25) is 5.02 Å². The van der Waals surface area contributed by atoms with E-state index in [1.54, 1.807) is 6.07 Å². The summed E-state index contributed by atoms with van der Waals surface area (Å²) < 4.78 is 0. The van der Waals surface area contributed by atoms with Crippen LogP contribution in [0.5, 0.6) is 0 Å². The highest BCUT2D eigenvalue weighted by atomic mass is 35.5. The molecule has 2 nitrogen and oxygen atoms in total. The zero-order valence-corrected chi connectivity index (χ0v) is 11.7. The van der Waals surface area contributed by atoms with Gasteiger partial charge in [0, 0.05) is 24.2 Å². The van der Waals surface area contributed by atoms with Crippen LogP contribution in [0.1, 0.15) is 37.8 Å². The Morgan fingerprint density at radius 3 is 2.67 bits per heavy atom. The molecule has 1 aromatic carbocycles. The van der Waals surface area contributed by atoms with Crippen LogP contribution >= 0.6 is 11.6 Å². The molecule has 18 heavy (non-hydrogen) atoms. The Morgan fingerprint density at radius 2 is 2.17 bits per heavy atom. The smallest absolute Gasteiger partial charge is 0.0992 e. The van der Waals surface area contributed by atoms with Crippen LogP contribution in [0, 0.1) is 17.2 Å². The average Bonchev–Trinajstić information content (AvgIpc) is 3.14. The summed E-state index contributed by atoms with van der Waals surface area (Å²) in [6.45, 7) is 6.48. The first kappa shape index (κ1) is 13.4. The second kappa shape index (κ2) is 5.73. The highest BCUT2D eigenvalue weighted by Gasteiger charge is 2.25. The van der Waals surface area contributed by atoms with Crippen molar-refractivity contribution in [2.24, 2.45) is 5.92 Å². The first-order valence-electron chi connectivity index (χ1n) is 6.52. The van der Waals surface area contributed by atoms with Gasteiger partial charge in [-0.3, -0.25) is 4.90 Å². The summed E-state index contributed by atoms with van der Waals surface area (Å²) in [5, 5.41) is 9.54. The fourth-order valence-electron chi connectivity index (χ4n) is 2.05. The lowest BCUT2D eigenvalue weighted by Crippen LogP contribution is -2.32. The molecule has 0 bridgehead atoms. The van der Waals surface area contributed by atoms with Gasteiger partial charge >= 0.3 is 0 Å². The van der Waals surface area contributed by atoms with E-state index in [0.29, 0.717) is 16.6 Å². The van der Waals surface area contributed by atoms with Gasteiger partial charge in [-0.15, -0.1) is 0 Å². The zero-order chi connectivity index (χ0) is 13.1. The summed E-state index contributed by atoms with van der Waals surface area (Å²) in [5.41, 5.74) is 1.74. The Balaban J connectivity index is 2.08. The molecule has 0 atom stereocenters. The summed E-state index contributed by atoms with van der Waals surface area (Å²) in [4.78, 5) is 2.46. The number of nitrogens with zero attached hydrogens (tertiary/aromatic N) is 2. The number of rotatable bonds is 5. The molecule has 1 saturated carbocycles. The SMILES string of the molecule is CC(C)N(Cc1ccc(C#N)cc1Cl)CC1CC1. The molecule has 0 amide bonds. The van der Waals surface area contributed by atoms with Crippen LogP contribution in [-0.2, 0) is 6.54 Å². The summed E-state index contributed by atoms with van der Waals surface area (Å²) in [7, 11) is 0. The van der Waals surface area contributed by atoms with E-state index in [9.17, 15) is 0 Å². The van der Waals surface area contributed by atoms with Crippen LogP contribution < -0.4 is 0 Å². The van der Waals surface area contributed by atoms with E-state index >= 15 is 0 Å². The fraction of sp³-hybridized carbons (Fsp3) is 0.533. The largest absolute Gasteiger partial charge is 0.296 e. The van der Waals surface area contributed by atoms with Gasteiger partial charge in [-0.2, -0.15) is 5.26 Å². The zero-order valence-electron chi connectivity index (χ0n) is 11.0. The second-order valence-corrected chi connectivity index (χ2v) is 5.79. The molecule has 0 spiro atoms. The third-order valence-corrected chi connectivity index (χ3v) is 3.83. The first-order valence-corrected chi connectivity index (χ1v) is 6.90. The van der Waals surface area contributed by atoms with Crippen molar-refractivity contribution in [1.82, 2.24) is 4.90 Å². The molecular formula is C15H19ClN2. The van der Waals surface area contributed by atoms with E-state index in [1.807, 2.05) is 12.1 Å². The molecule has 2 rings (SSSR count). The average molecular weight is 263 g/mol. The Bertz CT molecular complexity index is 458. The van der Waals surface area contributed by atoms with Crippen molar-refractivity contribution < 1.29 is 0 Å². The van der Waals surface area contributed by atoms with Gasteiger partial charge < -0.3 is 0 Å². The van der Waals surface area contributed by atoms with Crippen LogP contribution in [-0.4, -0.2) is 17.5 Å². The number of nitriles is 1. The van der Waals surface area contributed by atoms with Crippen LogP contribution in [0.15, 0.2) is 18.2 Å². The summed E-state index contributed by atoms with van der Waals surface area (Å²) in [5.74, 6) is 0.879. The minimum atomic E-state index is 0.525. The molecule has 0 radical (unpaired) electrons. The molecule has 1 aliphatic rings. The van der Waals surface area contributed by atoms with Crippen molar-refractivity contribution in [3.05, 3.63) is 34.3 Å².